The first kappa shape index (κ1) is 9.39. The minimum absolute atomic E-state index is 0.448. The van der Waals surface area contributed by atoms with E-state index in [9.17, 15) is 0 Å². The molecule has 1 heterocycles. The number of rotatable bonds is 3. The van der Waals surface area contributed by atoms with Crippen LogP contribution in [0.3, 0.4) is 0 Å². The molecule has 3 rings (SSSR count). The van der Waals surface area contributed by atoms with Crippen molar-refractivity contribution in [1.82, 2.24) is 15.0 Å². The van der Waals surface area contributed by atoms with E-state index in [1.165, 1.54) is 12.8 Å². The molecule has 4 heteroatoms. The highest BCUT2D eigenvalue weighted by atomic mass is 16.5. The largest absolute Gasteiger partial charge is 0.490 e. The molecule has 1 aliphatic rings. The number of nitrogens with zero attached hydrogens (tertiary/aromatic N) is 3. The van der Waals surface area contributed by atoms with Gasteiger partial charge >= 0.3 is 0 Å². The van der Waals surface area contributed by atoms with Crippen LogP contribution >= 0.6 is 0 Å². The van der Waals surface area contributed by atoms with Crippen molar-refractivity contribution in [2.24, 2.45) is 7.05 Å². The topological polar surface area (TPSA) is 39.9 Å². The summed E-state index contributed by atoms with van der Waals surface area (Å²) in [6.07, 6.45) is 4.58. The fraction of sp³-hybridized carbons (Fsp3) is 0.333. The summed E-state index contributed by atoms with van der Waals surface area (Å²) in [6.45, 7) is 0. The van der Waals surface area contributed by atoms with Crippen LogP contribution in [0.4, 0.5) is 0 Å². The van der Waals surface area contributed by atoms with Gasteiger partial charge in [0.1, 0.15) is 5.75 Å². The maximum Gasteiger partial charge on any atom is 0.119 e. The molecule has 1 aromatic carbocycles. The summed E-state index contributed by atoms with van der Waals surface area (Å²) in [4.78, 5) is 0. The first-order valence-electron chi connectivity index (χ1n) is 5.45. The Morgan fingerprint density at radius 1 is 1.25 bits per heavy atom. The fourth-order valence-electron chi connectivity index (χ4n) is 1.63. The molecule has 0 atom stereocenters. The van der Waals surface area contributed by atoms with Crippen molar-refractivity contribution in [3.05, 3.63) is 30.5 Å². The van der Waals surface area contributed by atoms with Gasteiger partial charge in [-0.3, -0.25) is 0 Å². The van der Waals surface area contributed by atoms with Crippen LogP contribution < -0.4 is 4.74 Å². The molecule has 0 bridgehead atoms. The summed E-state index contributed by atoms with van der Waals surface area (Å²) in [6, 6.07) is 8.08. The van der Waals surface area contributed by atoms with Crippen LogP contribution in [0.5, 0.6) is 5.75 Å². The highest BCUT2D eigenvalue weighted by Gasteiger charge is 2.23. The fourth-order valence-corrected chi connectivity index (χ4v) is 1.63. The lowest BCUT2D eigenvalue weighted by atomic mass is 10.1. The number of hydrogen-bond donors (Lipinski definition) is 0. The number of ether oxygens (including phenoxy) is 1. The Bertz CT molecular complexity index is 485. The van der Waals surface area contributed by atoms with E-state index < -0.39 is 0 Å². The lowest BCUT2D eigenvalue weighted by Gasteiger charge is -2.05. The normalized spacial score (nSPS) is 15.1. The van der Waals surface area contributed by atoms with Crippen LogP contribution in [-0.4, -0.2) is 21.1 Å². The van der Waals surface area contributed by atoms with Crippen LogP contribution in [0.25, 0.3) is 11.3 Å². The SMILES string of the molecule is Cn1nncc1-c1ccc(OC2CC2)cc1. The molecule has 0 N–H and O–H groups in total. The van der Waals surface area contributed by atoms with E-state index in [4.69, 9.17) is 4.74 Å². The molecule has 0 saturated heterocycles. The van der Waals surface area contributed by atoms with Crippen molar-refractivity contribution in [2.45, 2.75) is 18.9 Å². The van der Waals surface area contributed by atoms with E-state index in [2.05, 4.69) is 10.3 Å². The predicted molar refractivity (Wildman–Crippen MR) is 60.1 cm³/mol. The highest BCUT2D eigenvalue weighted by molar-refractivity contribution is 5.59. The third kappa shape index (κ3) is 1.78. The maximum absolute atomic E-state index is 5.69. The molecule has 0 amide bonds. The number of aryl methyl sites for hydroxylation is 1. The second-order valence-corrected chi connectivity index (χ2v) is 4.08. The zero-order chi connectivity index (χ0) is 11.0. The van der Waals surface area contributed by atoms with E-state index in [0.717, 1.165) is 17.0 Å². The summed E-state index contributed by atoms with van der Waals surface area (Å²) in [5.41, 5.74) is 2.12. The number of benzene rings is 1. The Balaban J connectivity index is 1.83. The van der Waals surface area contributed by atoms with E-state index in [1.807, 2.05) is 31.3 Å². The Morgan fingerprint density at radius 2 is 2.00 bits per heavy atom. The van der Waals surface area contributed by atoms with E-state index >= 15 is 0 Å². The van der Waals surface area contributed by atoms with Gasteiger partial charge in [-0.2, -0.15) is 0 Å². The van der Waals surface area contributed by atoms with Crippen LogP contribution in [0.1, 0.15) is 12.8 Å². The highest BCUT2D eigenvalue weighted by Crippen LogP contribution is 2.28. The van der Waals surface area contributed by atoms with Crippen molar-refractivity contribution in [3.63, 3.8) is 0 Å². The summed E-state index contributed by atoms with van der Waals surface area (Å²) in [7, 11) is 1.89. The maximum atomic E-state index is 5.69. The Hall–Kier alpha value is -1.84. The molecule has 82 valence electrons. The van der Waals surface area contributed by atoms with E-state index in [0.29, 0.717) is 6.10 Å². The molecule has 4 nitrogen and oxygen atoms in total. The van der Waals surface area contributed by atoms with E-state index in [1.54, 1.807) is 10.9 Å². The summed E-state index contributed by atoms with van der Waals surface area (Å²) < 4.78 is 7.45. The molecule has 1 aliphatic carbocycles. The van der Waals surface area contributed by atoms with Gasteiger partial charge in [-0.25, -0.2) is 4.68 Å². The zero-order valence-electron chi connectivity index (χ0n) is 9.13. The molecular formula is C12H13N3O. The van der Waals surface area contributed by atoms with Gasteiger partial charge in [0.15, 0.2) is 0 Å². The van der Waals surface area contributed by atoms with Gasteiger partial charge < -0.3 is 4.74 Å². The molecular weight excluding hydrogens is 202 g/mol. The minimum Gasteiger partial charge on any atom is -0.490 e. The molecule has 2 aromatic rings. The molecule has 1 saturated carbocycles. The molecule has 1 fully saturated rings. The summed E-state index contributed by atoms with van der Waals surface area (Å²) in [5, 5.41) is 7.77. The van der Waals surface area contributed by atoms with Crippen LogP contribution in [0.15, 0.2) is 30.5 Å². The average molecular weight is 215 g/mol. The number of aromatic nitrogens is 3. The minimum atomic E-state index is 0.448. The van der Waals surface area contributed by atoms with Gasteiger partial charge in [-0.15, -0.1) is 5.10 Å². The first-order valence-corrected chi connectivity index (χ1v) is 5.45. The second kappa shape index (κ2) is 3.63. The Morgan fingerprint density at radius 3 is 2.56 bits per heavy atom. The molecule has 0 aliphatic heterocycles. The quantitative estimate of drug-likeness (QED) is 0.786. The molecule has 16 heavy (non-hydrogen) atoms. The van der Waals surface area contributed by atoms with Gasteiger partial charge in [0.2, 0.25) is 0 Å². The van der Waals surface area contributed by atoms with Gasteiger partial charge in [-0.05, 0) is 37.1 Å². The lowest BCUT2D eigenvalue weighted by Crippen LogP contribution is -1.96. The van der Waals surface area contributed by atoms with Crippen LogP contribution in [0.2, 0.25) is 0 Å². The van der Waals surface area contributed by atoms with Gasteiger partial charge in [0, 0.05) is 12.6 Å². The van der Waals surface area contributed by atoms with Crippen molar-refractivity contribution in [3.8, 4) is 17.0 Å². The average Bonchev–Trinajstić information content (AvgIpc) is 3.00. The monoisotopic (exact) mass is 215 g/mol. The van der Waals surface area contributed by atoms with Crippen molar-refractivity contribution >= 4 is 0 Å². The van der Waals surface area contributed by atoms with Crippen LogP contribution in [-0.2, 0) is 7.05 Å². The zero-order valence-corrected chi connectivity index (χ0v) is 9.13. The van der Waals surface area contributed by atoms with E-state index in [-0.39, 0.29) is 0 Å². The van der Waals surface area contributed by atoms with Crippen molar-refractivity contribution in [2.75, 3.05) is 0 Å². The number of hydrogen-bond acceptors (Lipinski definition) is 3. The molecule has 0 spiro atoms. The standard InChI is InChI=1S/C12H13N3O/c1-15-12(8-13-14-15)9-2-4-10(5-3-9)16-11-6-7-11/h2-5,8,11H,6-7H2,1H3. The Kier molecular flexibility index (Phi) is 2.13. The van der Waals surface area contributed by atoms with Gasteiger partial charge in [0.05, 0.1) is 18.0 Å². The second-order valence-electron chi connectivity index (χ2n) is 4.08. The third-order valence-corrected chi connectivity index (χ3v) is 2.69. The van der Waals surface area contributed by atoms with Crippen LogP contribution in [0, 0.1) is 0 Å². The summed E-state index contributed by atoms with van der Waals surface area (Å²) in [5.74, 6) is 0.946. The van der Waals surface area contributed by atoms with Gasteiger partial charge in [-0.1, -0.05) is 5.21 Å². The molecule has 1 aromatic heterocycles. The Labute approximate surface area is 93.9 Å². The first-order chi connectivity index (χ1) is 7.83. The lowest BCUT2D eigenvalue weighted by molar-refractivity contribution is 0.303. The van der Waals surface area contributed by atoms with Crippen molar-refractivity contribution in [1.29, 1.82) is 0 Å². The third-order valence-electron chi connectivity index (χ3n) is 2.69. The molecule has 0 unspecified atom stereocenters. The smallest absolute Gasteiger partial charge is 0.119 e. The molecule has 0 radical (unpaired) electrons. The van der Waals surface area contributed by atoms with Crippen molar-refractivity contribution < 1.29 is 4.74 Å². The van der Waals surface area contributed by atoms with Gasteiger partial charge in [0.25, 0.3) is 0 Å². The summed E-state index contributed by atoms with van der Waals surface area (Å²) >= 11 is 0. The predicted octanol–water partition coefficient (Wildman–Crippen LogP) is 2.02.